The van der Waals surface area contributed by atoms with Crippen molar-refractivity contribution in [1.29, 1.82) is 0 Å². The van der Waals surface area contributed by atoms with Crippen LogP contribution in [0.2, 0.25) is 0 Å². The fourth-order valence-electron chi connectivity index (χ4n) is 1.30. The highest BCUT2D eigenvalue weighted by Crippen LogP contribution is 2.17. The number of nitrogens with one attached hydrogen (secondary N) is 1. The lowest BCUT2D eigenvalue weighted by atomic mass is 9.93. The lowest BCUT2D eigenvalue weighted by molar-refractivity contribution is 0.120. The topological polar surface area (TPSA) is 49.3 Å². The summed E-state index contributed by atoms with van der Waals surface area (Å²) in [6, 6.07) is 0.251. The van der Waals surface area contributed by atoms with Gasteiger partial charge in [0.25, 0.3) is 0 Å². The van der Waals surface area contributed by atoms with Gasteiger partial charge < -0.3 is 10.4 Å². The molecule has 3 heteroatoms. The van der Waals surface area contributed by atoms with Crippen LogP contribution in [0.4, 0.5) is 0 Å². The third kappa shape index (κ3) is 1.99. The van der Waals surface area contributed by atoms with E-state index in [2.05, 4.69) is 5.32 Å². The second-order valence-corrected chi connectivity index (χ2v) is 2.75. The minimum atomic E-state index is -0.148. The Kier molecular flexibility index (Phi) is 2.68. The summed E-state index contributed by atoms with van der Waals surface area (Å²) in [5.41, 5.74) is 0. The van der Waals surface area contributed by atoms with Crippen LogP contribution < -0.4 is 5.32 Å². The van der Waals surface area contributed by atoms with Gasteiger partial charge in [-0.1, -0.05) is 0 Å². The number of hydrogen-bond donors (Lipinski definition) is 2. The van der Waals surface area contributed by atoms with E-state index in [4.69, 9.17) is 5.11 Å². The summed E-state index contributed by atoms with van der Waals surface area (Å²) < 4.78 is 0. The molecular weight excluding hydrogens is 130 g/mol. The van der Waals surface area contributed by atoms with Crippen molar-refractivity contribution in [2.45, 2.75) is 37.8 Å². The molecule has 1 aliphatic carbocycles. The van der Waals surface area contributed by atoms with Crippen LogP contribution in [0, 0.1) is 0 Å². The first-order valence-electron chi connectivity index (χ1n) is 3.63. The zero-order valence-electron chi connectivity index (χ0n) is 5.84. The highest BCUT2D eigenvalue weighted by atomic mass is 16.3. The fraction of sp³-hybridized carbons (Fsp3) is 0.857. The Hall–Kier alpha value is -0.570. The summed E-state index contributed by atoms with van der Waals surface area (Å²) in [4.78, 5) is 9.86. The van der Waals surface area contributed by atoms with Crippen molar-refractivity contribution in [2.75, 3.05) is 0 Å². The molecule has 1 rings (SSSR count). The molecule has 0 heterocycles. The van der Waals surface area contributed by atoms with Crippen LogP contribution in [0.15, 0.2) is 0 Å². The summed E-state index contributed by atoms with van der Waals surface area (Å²) in [5.74, 6) is 0. The summed E-state index contributed by atoms with van der Waals surface area (Å²) in [6.45, 7) is 0. The van der Waals surface area contributed by atoms with Gasteiger partial charge in [0.05, 0.1) is 6.10 Å². The highest BCUT2D eigenvalue weighted by molar-refractivity contribution is 5.47. The van der Waals surface area contributed by atoms with Crippen LogP contribution in [0.3, 0.4) is 0 Å². The molecule has 0 aromatic carbocycles. The van der Waals surface area contributed by atoms with Crippen molar-refractivity contribution in [1.82, 2.24) is 5.32 Å². The molecule has 1 amide bonds. The molecule has 0 spiro atoms. The van der Waals surface area contributed by atoms with Crippen molar-refractivity contribution in [2.24, 2.45) is 0 Å². The number of aliphatic hydroxyl groups excluding tert-OH is 1. The SMILES string of the molecule is O=[C]NC1CCC(O)CC1. The Balaban J connectivity index is 2.19. The van der Waals surface area contributed by atoms with Gasteiger partial charge in [0.2, 0.25) is 0 Å². The monoisotopic (exact) mass is 142 g/mol. The van der Waals surface area contributed by atoms with Crippen LogP contribution in [0.5, 0.6) is 0 Å². The summed E-state index contributed by atoms with van der Waals surface area (Å²) in [5, 5.41) is 11.7. The standard InChI is InChI=1S/C7H12NO2/c9-5-8-6-1-3-7(10)4-2-6/h6-7,10H,1-4H2,(H,8,9). The first-order chi connectivity index (χ1) is 4.83. The average Bonchev–Trinajstić information content (AvgIpc) is 1.95. The molecule has 10 heavy (non-hydrogen) atoms. The largest absolute Gasteiger partial charge is 0.393 e. The summed E-state index contributed by atoms with van der Waals surface area (Å²) in [7, 11) is 0. The molecule has 0 aromatic heterocycles. The molecule has 57 valence electrons. The minimum Gasteiger partial charge on any atom is -0.393 e. The van der Waals surface area contributed by atoms with Gasteiger partial charge in [0.1, 0.15) is 0 Å². The molecule has 0 aromatic rings. The van der Waals surface area contributed by atoms with Crippen molar-refractivity contribution in [3.63, 3.8) is 0 Å². The lowest BCUT2D eigenvalue weighted by Gasteiger charge is -2.23. The van der Waals surface area contributed by atoms with E-state index >= 15 is 0 Å². The highest BCUT2D eigenvalue weighted by Gasteiger charge is 2.18. The van der Waals surface area contributed by atoms with Crippen LogP contribution in [-0.4, -0.2) is 23.7 Å². The van der Waals surface area contributed by atoms with Crippen LogP contribution in [0.25, 0.3) is 0 Å². The Morgan fingerprint density at radius 2 is 1.90 bits per heavy atom. The smallest absolute Gasteiger partial charge is 0.309 e. The molecule has 1 aliphatic rings. The second-order valence-electron chi connectivity index (χ2n) is 2.75. The molecule has 1 saturated carbocycles. The lowest BCUT2D eigenvalue weighted by Crippen LogP contribution is -2.33. The van der Waals surface area contributed by atoms with E-state index in [0.29, 0.717) is 0 Å². The Bertz CT molecular complexity index is 108. The Morgan fingerprint density at radius 1 is 1.30 bits per heavy atom. The van der Waals surface area contributed by atoms with Crippen molar-refractivity contribution < 1.29 is 9.90 Å². The predicted octanol–water partition coefficient (Wildman–Crippen LogP) is -0.0533. The van der Waals surface area contributed by atoms with Gasteiger partial charge >= 0.3 is 6.41 Å². The van der Waals surface area contributed by atoms with Gasteiger partial charge in [-0.25, -0.2) is 0 Å². The quantitative estimate of drug-likeness (QED) is 0.531. The van der Waals surface area contributed by atoms with E-state index < -0.39 is 0 Å². The van der Waals surface area contributed by atoms with Gasteiger partial charge in [0, 0.05) is 6.04 Å². The third-order valence-electron chi connectivity index (χ3n) is 1.96. The maximum absolute atomic E-state index is 9.86. The summed E-state index contributed by atoms with van der Waals surface area (Å²) >= 11 is 0. The normalized spacial score (nSPS) is 33.3. The van der Waals surface area contributed by atoms with Gasteiger partial charge in [-0.2, -0.15) is 0 Å². The molecule has 0 atom stereocenters. The van der Waals surface area contributed by atoms with E-state index in [1.807, 2.05) is 0 Å². The van der Waals surface area contributed by atoms with E-state index in [9.17, 15) is 4.79 Å². The molecule has 1 fully saturated rings. The molecule has 0 aliphatic heterocycles. The molecule has 0 bridgehead atoms. The number of amides is 1. The predicted molar refractivity (Wildman–Crippen MR) is 37.1 cm³/mol. The third-order valence-corrected chi connectivity index (χ3v) is 1.96. The molecule has 0 saturated heterocycles. The van der Waals surface area contributed by atoms with E-state index in [1.54, 1.807) is 6.41 Å². The average molecular weight is 142 g/mol. The van der Waals surface area contributed by atoms with Gasteiger partial charge in [-0.3, -0.25) is 4.79 Å². The molecule has 0 unspecified atom stereocenters. The minimum absolute atomic E-state index is 0.148. The Labute approximate surface area is 60.4 Å². The Morgan fingerprint density at radius 3 is 2.40 bits per heavy atom. The number of hydrogen-bond acceptors (Lipinski definition) is 2. The van der Waals surface area contributed by atoms with Crippen LogP contribution in [-0.2, 0) is 4.79 Å². The second kappa shape index (κ2) is 3.56. The van der Waals surface area contributed by atoms with Crippen LogP contribution >= 0.6 is 0 Å². The fourth-order valence-corrected chi connectivity index (χ4v) is 1.30. The molecular formula is C7H12NO2. The van der Waals surface area contributed by atoms with Gasteiger partial charge in [-0.05, 0) is 25.7 Å². The van der Waals surface area contributed by atoms with Crippen LogP contribution in [0.1, 0.15) is 25.7 Å². The first kappa shape index (κ1) is 7.54. The molecule has 3 nitrogen and oxygen atoms in total. The van der Waals surface area contributed by atoms with E-state index in [-0.39, 0.29) is 12.1 Å². The van der Waals surface area contributed by atoms with Gasteiger partial charge in [-0.15, -0.1) is 0 Å². The van der Waals surface area contributed by atoms with E-state index in [0.717, 1.165) is 25.7 Å². The zero-order chi connectivity index (χ0) is 7.40. The first-order valence-corrected chi connectivity index (χ1v) is 3.63. The number of carbonyl (C=O) groups excluding carboxylic acids is 1. The van der Waals surface area contributed by atoms with Crippen molar-refractivity contribution in [3.05, 3.63) is 0 Å². The molecule has 1 radical (unpaired) electrons. The molecule has 2 N–H and O–H groups in total. The summed E-state index contributed by atoms with van der Waals surface area (Å²) in [6.07, 6.45) is 4.90. The number of rotatable bonds is 2. The maximum Gasteiger partial charge on any atom is 0.309 e. The maximum atomic E-state index is 9.86. The zero-order valence-corrected chi connectivity index (χ0v) is 5.84. The van der Waals surface area contributed by atoms with Crippen molar-refractivity contribution >= 4 is 6.41 Å². The van der Waals surface area contributed by atoms with Crippen molar-refractivity contribution in [3.8, 4) is 0 Å². The van der Waals surface area contributed by atoms with Gasteiger partial charge in [0.15, 0.2) is 0 Å². The van der Waals surface area contributed by atoms with E-state index in [1.165, 1.54) is 0 Å². The number of aliphatic hydroxyl groups is 1.